The highest BCUT2D eigenvalue weighted by Gasteiger charge is 2.34. The first-order valence-corrected chi connectivity index (χ1v) is 10.1. The van der Waals surface area contributed by atoms with Crippen LogP contribution in [-0.2, 0) is 4.79 Å². The summed E-state index contributed by atoms with van der Waals surface area (Å²) in [4.78, 5) is 30.5. The summed E-state index contributed by atoms with van der Waals surface area (Å²) in [7, 11) is 2.13. The van der Waals surface area contributed by atoms with E-state index in [2.05, 4.69) is 22.2 Å². The van der Waals surface area contributed by atoms with E-state index in [1.807, 2.05) is 4.90 Å². The van der Waals surface area contributed by atoms with Crippen molar-refractivity contribution in [3.05, 3.63) is 29.8 Å². The van der Waals surface area contributed by atoms with Gasteiger partial charge in [-0.2, -0.15) is 0 Å². The van der Waals surface area contributed by atoms with Crippen LogP contribution in [0.1, 0.15) is 36.5 Å². The van der Waals surface area contributed by atoms with Gasteiger partial charge in [0.2, 0.25) is 5.91 Å². The molecule has 0 aromatic heterocycles. The molecular weight excluding hydrogens is 356 g/mol. The van der Waals surface area contributed by atoms with Gasteiger partial charge in [0.25, 0.3) is 5.91 Å². The molecular formula is C21H32N4O3. The molecule has 0 radical (unpaired) electrons. The molecule has 154 valence electrons. The molecule has 0 unspecified atom stereocenters. The van der Waals surface area contributed by atoms with E-state index in [1.165, 1.54) is 6.92 Å². The Morgan fingerprint density at radius 1 is 1.04 bits per heavy atom. The van der Waals surface area contributed by atoms with E-state index >= 15 is 0 Å². The summed E-state index contributed by atoms with van der Waals surface area (Å²) in [5, 5.41) is 13.8. The number of likely N-dealkylation sites (tertiary alicyclic amines) is 1. The van der Waals surface area contributed by atoms with Crippen molar-refractivity contribution in [3.8, 4) is 0 Å². The number of likely N-dealkylation sites (N-methyl/N-ethyl adjacent to an activating group) is 1. The van der Waals surface area contributed by atoms with Crippen LogP contribution in [0.4, 0.5) is 5.69 Å². The molecule has 2 N–H and O–H groups in total. The highest BCUT2D eigenvalue weighted by molar-refractivity contribution is 5.95. The second-order valence-corrected chi connectivity index (χ2v) is 8.21. The first-order valence-electron chi connectivity index (χ1n) is 10.1. The third kappa shape index (κ3) is 5.53. The number of nitrogens with zero attached hydrogens (tertiary/aromatic N) is 3. The topological polar surface area (TPSA) is 76.1 Å². The lowest BCUT2D eigenvalue weighted by molar-refractivity contribution is -0.114. The van der Waals surface area contributed by atoms with E-state index in [4.69, 9.17) is 0 Å². The Morgan fingerprint density at radius 2 is 1.71 bits per heavy atom. The van der Waals surface area contributed by atoms with Crippen LogP contribution >= 0.6 is 0 Å². The molecule has 28 heavy (non-hydrogen) atoms. The molecule has 3 rings (SSSR count). The summed E-state index contributed by atoms with van der Waals surface area (Å²) in [6.45, 7) is 7.43. The lowest BCUT2D eigenvalue weighted by atomic mass is 9.94. The molecule has 2 aliphatic rings. The summed E-state index contributed by atoms with van der Waals surface area (Å²) in [6, 6.07) is 6.98. The molecule has 2 aliphatic heterocycles. The number of benzene rings is 1. The summed E-state index contributed by atoms with van der Waals surface area (Å²) in [5.41, 5.74) is 0.570. The standard InChI is InChI=1S/C21H32N4O3/c1-17(26)22-19-6-4-18(5-7-19)20(27)25-10-3-8-21(28,9-11-25)16-24-14-12-23(2)13-15-24/h4-7,28H,3,8-16H2,1-2H3,(H,22,26)/t21-/m1/s1. The van der Waals surface area contributed by atoms with Crippen molar-refractivity contribution < 1.29 is 14.7 Å². The quantitative estimate of drug-likeness (QED) is 0.812. The molecule has 1 aromatic rings. The first kappa shape index (κ1) is 20.8. The number of hydrogen-bond donors (Lipinski definition) is 2. The minimum atomic E-state index is -0.722. The number of carbonyl (C=O) groups excluding carboxylic acids is 2. The highest BCUT2D eigenvalue weighted by atomic mass is 16.3. The Kier molecular flexibility index (Phi) is 6.69. The van der Waals surface area contributed by atoms with Gasteiger partial charge < -0.3 is 20.2 Å². The maximum atomic E-state index is 12.9. The average molecular weight is 389 g/mol. The molecule has 0 bridgehead atoms. The van der Waals surface area contributed by atoms with Gasteiger partial charge in [-0.1, -0.05) is 0 Å². The van der Waals surface area contributed by atoms with Crippen LogP contribution in [0.25, 0.3) is 0 Å². The summed E-state index contributed by atoms with van der Waals surface area (Å²) in [6.07, 6.45) is 2.14. The zero-order chi connectivity index (χ0) is 20.1. The lowest BCUT2D eigenvalue weighted by Crippen LogP contribution is -2.51. The minimum Gasteiger partial charge on any atom is -0.388 e. The fourth-order valence-corrected chi connectivity index (χ4v) is 4.04. The predicted octanol–water partition coefficient (Wildman–Crippen LogP) is 1.25. The van der Waals surface area contributed by atoms with E-state index in [0.717, 1.165) is 39.0 Å². The second kappa shape index (κ2) is 9.03. The smallest absolute Gasteiger partial charge is 0.253 e. The number of carbonyl (C=O) groups is 2. The number of hydrogen-bond acceptors (Lipinski definition) is 5. The van der Waals surface area contributed by atoms with Crippen molar-refractivity contribution in [2.24, 2.45) is 0 Å². The molecule has 7 nitrogen and oxygen atoms in total. The van der Waals surface area contributed by atoms with Gasteiger partial charge in [-0.25, -0.2) is 0 Å². The number of anilines is 1. The summed E-state index contributed by atoms with van der Waals surface area (Å²) < 4.78 is 0. The van der Waals surface area contributed by atoms with Crippen LogP contribution in [0.15, 0.2) is 24.3 Å². The van der Waals surface area contributed by atoms with Crippen molar-refractivity contribution in [3.63, 3.8) is 0 Å². The van der Waals surface area contributed by atoms with Crippen LogP contribution < -0.4 is 5.32 Å². The number of piperazine rings is 1. The van der Waals surface area contributed by atoms with Crippen molar-refractivity contribution >= 4 is 17.5 Å². The Morgan fingerprint density at radius 3 is 2.36 bits per heavy atom. The van der Waals surface area contributed by atoms with Crippen LogP contribution in [-0.4, -0.2) is 90.1 Å². The van der Waals surface area contributed by atoms with Gasteiger partial charge in [0.1, 0.15) is 0 Å². The molecule has 1 atom stereocenters. The van der Waals surface area contributed by atoms with Gasteiger partial charge in [0, 0.05) is 64.0 Å². The van der Waals surface area contributed by atoms with Gasteiger partial charge in [-0.15, -0.1) is 0 Å². The van der Waals surface area contributed by atoms with Crippen molar-refractivity contribution in [1.29, 1.82) is 0 Å². The van der Waals surface area contributed by atoms with Crippen molar-refractivity contribution in [2.75, 3.05) is 58.2 Å². The molecule has 0 aliphatic carbocycles. The van der Waals surface area contributed by atoms with Gasteiger partial charge in [-0.3, -0.25) is 14.5 Å². The molecule has 2 amide bonds. The highest BCUT2D eigenvalue weighted by Crippen LogP contribution is 2.25. The number of nitrogens with one attached hydrogen (secondary N) is 1. The average Bonchev–Trinajstić information content (AvgIpc) is 2.85. The Bertz CT molecular complexity index is 685. The Balaban J connectivity index is 1.56. The largest absolute Gasteiger partial charge is 0.388 e. The van der Waals surface area contributed by atoms with E-state index in [-0.39, 0.29) is 11.8 Å². The first-order chi connectivity index (χ1) is 13.3. The normalized spacial score (nSPS) is 24.6. The fourth-order valence-electron chi connectivity index (χ4n) is 4.04. The number of aliphatic hydroxyl groups is 1. The van der Waals surface area contributed by atoms with E-state index < -0.39 is 5.60 Å². The third-order valence-corrected chi connectivity index (χ3v) is 5.77. The predicted molar refractivity (Wildman–Crippen MR) is 109 cm³/mol. The maximum Gasteiger partial charge on any atom is 0.253 e. The number of amides is 2. The van der Waals surface area contributed by atoms with Gasteiger partial charge in [0.05, 0.1) is 5.60 Å². The van der Waals surface area contributed by atoms with E-state index in [9.17, 15) is 14.7 Å². The zero-order valence-electron chi connectivity index (χ0n) is 17.0. The van der Waals surface area contributed by atoms with Crippen LogP contribution in [0, 0.1) is 0 Å². The van der Waals surface area contributed by atoms with Crippen LogP contribution in [0.5, 0.6) is 0 Å². The molecule has 0 saturated carbocycles. The molecule has 0 spiro atoms. The molecule has 2 saturated heterocycles. The molecule has 2 fully saturated rings. The number of β-amino-alcohol motifs (C(OH)–C–C–N with tert-alkyl or cyclic N) is 1. The lowest BCUT2D eigenvalue weighted by Gasteiger charge is -2.38. The molecule has 7 heteroatoms. The molecule has 2 heterocycles. The Hall–Kier alpha value is -1.96. The summed E-state index contributed by atoms with van der Waals surface area (Å²) >= 11 is 0. The van der Waals surface area contributed by atoms with Gasteiger partial charge >= 0.3 is 0 Å². The zero-order valence-corrected chi connectivity index (χ0v) is 17.0. The Labute approximate surface area is 167 Å². The summed E-state index contributed by atoms with van der Waals surface area (Å²) in [5.74, 6) is -0.149. The van der Waals surface area contributed by atoms with Crippen LogP contribution in [0.2, 0.25) is 0 Å². The fraction of sp³-hybridized carbons (Fsp3) is 0.619. The minimum absolute atomic E-state index is 0.0155. The van der Waals surface area contributed by atoms with E-state index in [1.54, 1.807) is 24.3 Å². The maximum absolute atomic E-state index is 12.9. The van der Waals surface area contributed by atoms with E-state index in [0.29, 0.717) is 37.3 Å². The third-order valence-electron chi connectivity index (χ3n) is 5.77. The SMILES string of the molecule is CC(=O)Nc1ccc(C(=O)N2CCC[C@](O)(CN3CCN(C)CC3)CC2)cc1. The van der Waals surface area contributed by atoms with Gasteiger partial charge in [0.15, 0.2) is 0 Å². The monoisotopic (exact) mass is 388 g/mol. The number of rotatable bonds is 4. The molecule has 1 aromatic carbocycles. The van der Waals surface area contributed by atoms with Gasteiger partial charge in [-0.05, 0) is 50.6 Å². The van der Waals surface area contributed by atoms with Crippen molar-refractivity contribution in [1.82, 2.24) is 14.7 Å². The second-order valence-electron chi connectivity index (χ2n) is 8.21. The van der Waals surface area contributed by atoms with Crippen molar-refractivity contribution in [2.45, 2.75) is 31.8 Å². The van der Waals surface area contributed by atoms with Crippen LogP contribution in [0.3, 0.4) is 0 Å².